The van der Waals surface area contributed by atoms with Gasteiger partial charge in [0.25, 0.3) is 0 Å². The van der Waals surface area contributed by atoms with E-state index in [1.54, 1.807) is 24.3 Å². The molecule has 2 aromatic carbocycles. The molecule has 0 aliphatic heterocycles. The molecule has 0 aliphatic rings. The van der Waals surface area contributed by atoms with Gasteiger partial charge in [-0.3, -0.25) is 10.1 Å². The third-order valence-electron chi connectivity index (χ3n) is 4.34. The Bertz CT molecular complexity index is 1290. The second-order valence-electron chi connectivity index (χ2n) is 6.49. The van der Waals surface area contributed by atoms with E-state index in [9.17, 15) is 14.9 Å². The first-order valence-electron chi connectivity index (χ1n) is 9.03. The molecule has 0 atom stereocenters. The molecule has 4 rings (SSSR count). The van der Waals surface area contributed by atoms with Crippen molar-refractivity contribution < 1.29 is 14.5 Å². The van der Waals surface area contributed by atoms with Gasteiger partial charge in [0, 0.05) is 5.69 Å². The number of carbonyl (C=O) groups excluding carboxylic acids is 1. The zero-order chi connectivity index (χ0) is 22.0. The van der Waals surface area contributed by atoms with Crippen LogP contribution in [0.3, 0.4) is 0 Å². The molecule has 0 saturated carbocycles. The van der Waals surface area contributed by atoms with Gasteiger partial charge in [0.2, 0.25) is 11.6 Å². The van der Waals surface area contributed by atoms with Crippen molar-refractivity contribution in [3.05, 3.63) is 70.0 Å². The number of nitrogens with zero attached hydrogens (tertiary/aromatic N) is 4. The Morgan fingerprint density at radius 2 is 1.81 bits per heavy atom. The highest BCUT2D eigenvalue weighted by atomic mass is 32.1. The van der Waals surface area contributed by atoms with Crippen LogP contribution in [0.15, 0.2) is 48.8 Å². The summed E-state index contributed by atoms with van der Waals surface area (Å²) in [6, 6.07) is 12.1. The molecule has 4 aromatic rings. The van der Waals surface area contributed by atoms with Gasteiger partial charge >= 0.3 is 11.7 Å². The zero-order valence-corrected chi connectivity index (χ0v) is 17.3. The van der Waals surface area contributed by atoms with Crippen LogP contribution >= 0.6 is 11.3 Å². The predicted molar refractivity (Wildman–Crippen MR) is 117 cm³/mol. The highest BCUT2D eigenvalue weighted by Gasteiger charge is 2.24. The lowest BCUT2D eigenvalue weighted by molar-refractivity contribution is -0.383. The number of aryl methyl sites for hydroxylation is 1. The Kier molecular flexibility index (Phi) is 5.41. The summed E-state index contributed by atoms with van der Waals surface area (Å²) in [7, 11) is 1.29. The van der Waals surface area contributed by atoms with Gasteiger partial charge in [-0.15, -0.1) is 0 Å². The highest BCUT2D eigenvalue weighted by Crippen LogP contribution is 2.35. The molecule has 0 amide bonds. The number of esters is 1. The zero-order valence-electron chi connectivity index (χ0n) is 16.4. The fourth-order valence-electron chi connectivity index (χ4n) is 2.87. The first-order valence-corrected chi connectivity index (χ1v) is 9.85. The first-order chi connectivity index (χ1) is 14.9. The van der Waals surface area contributed by atoms with E-state index in [0.717, 1.165) is 15.8 Å². The first kappa shape index (κ1) is 20.2. The van der Waals surface area contributed by atoms with Crippen molar-refractivity contribution in [1.82, 2.24) is 15.0 Å². The van der Waals surface area contributed by atoms with Crippen molar-refractivity contribution in [3.63, 3.8) is 0 Å². The van der Waals surface area contributed by atoms with Crippen LogP contribution in [0.2, 0.25) is 0 Å². The van der Waals surface area contributed by atoms with Gasteiger partial charge in [-0.1, -0.05) is 17.4 Å². The number of rotatable bonds is 6. The van der Waals surface area contributed by atoms with Gasteiger partial charge in [-0.2, -0.15) is 0 Å². The average Bonchev–Trinajstić information content (AvgIpc) is 3.15. The maximum absolute atomic E-state index is 11.8. The monoisotopic (exact) mass is 436 g/mol. The summed E-state index contributed by atoms with van der Waals surface area (Å²) in [5.74, 6) is -0.452. The van der Waals surface area contributed by atoms with Gasteiger partial charge < -0.3 is 15.4 Å². The number of anilines is 4. The largest absolute Gasteiger partial charge is 0.465 e. The van der Waals surface area contributed by atoms with Crippen molar-refractivity contribution in [2.24, 2.45) is 0 Å². The minimum atomic E-state index is -0.565. The molecule has 11 heteroatoms. The van der Waals surface area contributed by atoms with Crippen LogP contribution in [-0.2, 0) is 4.74 Å². The quantitative estimate of drug-likeness (QED) is 0.253. The predicted octanol–water partition coefficient (Wildman–Crippen LogP) is 4.58. The van der Waals surface area contributed by atoms with E-state index in [0.29, 0.717) is 16.4 Å². The summed E-state index contributed by atoms with van der Waals surface area (Å²) in [5, 5.41) is 18.1. The van der Waals surface area contributed by atoms with E-state index in [2.05, 4.69) is 30.3 Å². The highest BCUT2D eigenvalue weighted by molar-refractivity contribution is 7.22. The van der Waals surface area contributed by atoms with Crippen LogP contribution in [0.25, 0.3) is 10.2 Å². The van der Waals surface area contributed by atoms with Crippen molar-refractivity contribution in [3.8, 4) is 0 Å². The van der Waals surface area contributed by atoms with Gasteiger partial charge in [0.15, 0.2) is 5.13 Å². The van der Waals surface area contributed by atoms with Crippen molar-refractivity contribution >= 4 is 55.7 Å². The Balaban J connectivity index is 1.64. The molecule has 0 unspecified atom stereocenters. The normalized spacial score (nSPS) is 10.6. The third-order valence-corrected chi connectivity index (χ3v) is 5.28. The summed E-state index contributed by atoms with van der Waals surface area (Å²) >= 11 is 1.37. The van der Waals surface area contributed by atoms with Crippen molar-refractivity contribution in [1.29, 1.82) is 0 Å². The van der Waals surface area contributed by atoms with Gasteiger partial charge in [-0.05, 0) is 48.9 Å². The molecule has 2 aromatic heterocycles. The van der Waals surface area contributed by atoms with Crippen molar-refractivity contribution in [2.75, 3.05) is 17.7 Å². The molecular formula is C20H16N6O4S. The number of aromatic nitrogens is 3. The maximum atomic E-state index is 11.8. The van der Waals surface area contributed by atoms with Crippen LogP contribution in [0.4, 0.5) is 28.1 Å². The average molecular weight is 436 g/mol. The van der Waals surface area contributed by atoms with E-state index < -0.39 is 10.9 Å². The Hall–Kier alpha value is -4.12. The van der Waals surface area contributed by atoms with E-state index in [1.165, 1.54) is 24.8 Å². The van der Waals surface area contributed by atoms with Crippen LogP contribution in [0.1, 0.15) is 15.9 Å². The number of nitro groups is 1. The fraction of sp³-hybridized carbons (Fsp3) is 0.100. The molecule has 31 heavy (non-hydrogen) atoms. The number of hydrogen-bond acceptors (Lipinski definition) is 10. The number of methoxy groups -OCH3 is 1. The standard InChI is InChI=1S/C20H16N6O4S/c1-11-3-8-14-15(9-11)31-20(24-14)25-18-16(26(28)29)17(21-10-22-18)23-13-6-4-12(5-7-13)19(27)30-2/h3-10H,1-2H3,(H2,21,22,23,24,25). The minimum absolute atomic E-state index is 0.00488. The Labute approximate surface area is 180 Å². The summed E-state index contributed by atoms with van der Waals surface area (Å²) in [4.78, 5) is 35.3. The molecule has 2 N–H and O–H groups in total. The SMILES string of the molecule is COC(=O)c1ccc(Nc2ncnc(Nc3nc4ccc(C)cc4s3)c2[N+](=O)[O-])cc1. The molecule has 0 aliphatic carbocycles. The molecule has 0 saturated heterocycles. The maximum Gasteiger partial charge on any atom is 0.353 e. The van der Waals surface area contributed by atoms with Crippen LogP contribution in [0.5, 0.6) is 0 Å². The molecule has 0 bridgehead atoms. The number of benzene rings is 2. The minimum Gasteiger partial charge on any atom is -0.465 e. The van der Waals surface area contributed by atoms with E-state index in [4.69, 9.17) is 0 Å². The smallest absolute Gasteiger partial charge is 0.353 e. The van der Waals surface area contributed by atoms with E-state index in [1.807, 2.05) is 25.1 Å². The number of hydrogen-bond donors (Lipinski definition) is 2. The van der Waals surface area contributed by atoms with Gasteiger partial charge in [0.1, 0.15) is 6.33 Å². The number of thiazole rings is 1. The third kappa shape index (κ3) is 4.26. The molecule has 0 spiro atoms. The van der Waals surface area contributed by atoms with Crippen LogP contribution < -0.4 is 10.6 Å². The second kappa shape index (κ2) is 8.32. The Morgan fingerprint density at radius 1 is 1.10 bits per heavy atom. The summed E-state index contributed by atoms with van der Waals surface area (Å²) in [6.07, 6.45) is 1.22. The summed E-state index contributed by atoms with van der Waals surface area (Å²) < 4.78 is 5.62. The number of nitrogens with one attached hydrogen (secondary N) is 2. The molecule has 10 nitrogen and oxygen atoms in total. The van der Waals surface area contributed by atoms with E-state index in [-0.39, 0.29) is 17.3 Å². The number of ether oxygens (including phenoxy) is 1. The van der Waals surface area contributed by atoms with Crippen LogP contribution in [0, 0.1) is 17.0 Å². The molecule has 0 radical (unpaired) electrons. The molecule has 2 heterocycles. The van der Waals surface area contributed by atoms with Gasteiger partial charge in [-0.25, -0.2) is 19.7 Å². The summed E-state index contributed by atoms with van der Waals surface area (Å²) in [6.45, 7) is 1.98. The second-order valence-corrected chi connectivity index (χ2v) is 7.52. The number of fused-ring (bicyclic) bond motifs is 1. The molecule has 156 valence electrons. The number of carbonyl (C=O) groups is 1. The lowest BCUT2D eigenvalue weighted by atomic mass is 10.2. The molecular weight excluding hydrogens is 420 g/mol. The fourth-order valence-corrected chi connectivity index (χ4v) is 3.83. The lowest BCUT2D eigenvalue weighted by Gasteiger charge is -2.09. The topological polar surface area (TPSA) is 132 Å². The van der Waals surface area contributed by atoms with E-state index >= 15 is 0 Å². The summed E-state index contributed by atoms with van der Waals surface area (Å²) in [5.41, 5.74) is 2.43. The molecule has 0 fully saturated rings. The van der Waals surface area contributed by atoms with Crippen LogP contribution in [-0.4, -0.2) is 33.0 Å². The van der Waals surface area contributed by atoms with Gasteiger partial charge in [0.05, 0.1) is 27.8 Å². The Morgan fingerprint density at radius 3 is 2.48 bits per heavy atom. The van der Waals surface area contributed by atoms with Crippen molar-refractivity contribution in [2.45, 2.75) is 6.92 Å². The lowest BCUT2D eigenvalue weighted by Crippen LogP contribution is -2.06.